The highest BCUT2D eigenvalue weighted by atomic mass is 16.5. The summed E-state index contributed by atoms with van der Waals surface area (Å²) < 4.78 is 15.3. The van der Waals surface area contributed by atoms with Gasteiger partial charge in [0, 0.05) is 5.69 Å². The minimum atomic E-state index is -0.591. The Morgan fingerprint density at radius 1 is 1.08 bits per heavy atom. The van der Waals surface area contributed by atoms with Gasteiger partial charge in [0.25, 0.3) is 0 Å². The Balaban J connectivity index is 2.68. The highest BCUT2D eigenvalue weighted by molar-refractivity contribution is 6.03. The van der Waals surface area contributed by atoms with Crippen LogP contribution in [0.4, 0.5) is 5.69 Å². The van der Waals surface area contributed by atoms with Gasteiger partial charge in [0.15, 0.2) is 0 Å². The van der Waals surface area contributed by atoms with E-state index >= 15 is 0 Å². The van der Waals surface area contributed by atoms with Crippen molar-refractivity contribution >= 4 is 17.6 Å². The largest absolute Gasteiger partial charge is 0.466 e. The summed E-state index contributed by atoms with van der Waals surface area (Å²) in [5, 5.41) is 0. The Labute approximate surface area is 142 Å². The highest BCUT2D eigenvalue weighted by Crippen LogP contribution is 2.33. The van der Waals surface area contributed by atoms with E-state index < -0.39 is 11.9 Å². The number of methoxy groups -OCH3 is 2. The molecule has 1 heterocycles. The summed E-state index contributed by atoms with van der Waals surface area (Å²) in [6.07, 6.45) is 1.59. The number of hydrogen-bond donors (Lipinski definition) is 0. The Bertz CT molecular complexity index is 643. The molecule has 0 atom stereocenters. The number of rotatable bonds is 5. The van der Waals surface area contributed by atoms with Crippen LogP contribution >= 0.6 is 0 Å². The number of esters is 2. The van der Waals surface area contributed by atoms with Gasteiger partial charge in [-0.05, 0) is 24.0 Å². The molecule has 0 fully saturated rings. The lowest BCUT2D eigenvalue weighted by atomic mass is 10.0. The molecule has 0 saturated carbocycles. The molecule has 1 aromatic rings. The molecule has 0 aromatic heterocycles. The van der Waals surface area contributed by atoms with Gasteiger partial charge in [0.05, 0.1) is 26.4 Å². The molecule has 6 nitrogen and oxygen atoms in total. The summed E-state index contributed by atoms with van der Waals surface area (Å²) in [7, 11) is 2.57. The molecule has 1 aromatic carbocycles. The van der Waals surface area contributed by atoms with Crippen molar-refractivity contribution in [2.75, 3.05) is 32.5 Å². The van der Waals surface area contributed by atoms with Gasteiger partial charge >= 0.3 is 11.9 Å². The number of ether oxygens (including phenoxy) is 3. The summed E-state index contributed by atoms with van der Waals surface area (Å²) in [6, 6.07) is 6.01. The average molecular weight is 333 g/mol. The molecule has 0 radical (unpaired) electrons. The zero-order valence-corrected chi connectivity index (χ0v) is 14.5. The third-order valence-corrected chi connectivity index (χ3v) is 4.07. The van der Waals surface area contributed by atoms with Crippen molar-refractivity contribution in [1.29, 1.82) is 0 Å². The van der Waals surface area contributed by atoms with Crippen molar-refractivity contribution in [3.8, 4) is 0 Å². The molecule has 1 aliphatic heterocycles. The summed E-state index contributed by atoms with van der Waals surface area (Å²) >= 11 is 0. The second-order valence-corrected chi connectivity index (χ2v) is 5.35. The fraction of sp³-hybridized carbons (Fsp3) is 0.444. The lowest BCUT2D eigenvalue weighted by Crippen LogP contribution is -2.39. The number of aryl methyl sites for hydroxylation is 2. The Morgan fingerprint density at radius 3 is 2.17 bits per heavy atom. The molecule has 0 saturated heterocycles. The number of carbonyl (C=O) groups excluding carboxylic acids is 2. The van der Waals surface area contributed by atoms with Crippen LogP contribution in [0.1, 0.15) is 25.0 Å². The smallest absolute Gasteiger partial charge is 0.355 e. The molecule has 0 spiro atoms. The quantitative estimate of drug-likeness (QED) is 0.770. The third kappa shape index (κ3) is 3.28. The van der Waals surface area contributed by atoms with Gasteiger partial charge in [-0.25, -0.2) is 9.59 Å². The number of hydrogen-bond acceptors (Lipinski definition) is 6. The van der Waals surface area contributed by atoms with E-state index in [-0.39, 0.29) is 24.6 Å². The Morgan fingerprint density at radius 2 is 1.67 bits per heavy atom. The number of para-hydroxylation sites is 1. The van der Waals surface area contributed by atoms with Gasteiger partial charge < -0.3 is 19.1 Å². The standard InChI is InChI=1S/C18H23NO5/c1-5-12-8-7-9-13(6-2)15(12)19-11-24-10-14(17(20)22-3)16(19)18(21)23-4/h7-9H,5-6,10-11H2,1-4H3. The van der Waals surface area contributed by atoms with E-state index in [0.717, 1.165) is 29.7 Å². The van der Waals surface area contributed by atoms with Crippen LogP contribution in [0.2, 0.25) is 0 Å². The molecule has 130 valence electrons. The van der Waals surface area contributed by atoms with E-state index in [9.17, 15) is 9.59 Å². The molecular weight excluding hydrogens is 310 g/mol. The van der Waals surface area contributed by atoms with Gasteiger partial charge in [0.2, 0.25) is 0 Å². The summed E-state index contributed by atoms with van der Waals surface area (Å²) in [5.41, 5.74) is 3.40. The van der Waals surface area contributed by atoms with Gasteiger partial charge in [-0.3, -0.25) is 0 Å². The molecule has 0 aliphatic carbocycles. The lowest BCUT2D eigenvalue weighted by Gasteiger charge is -2.34. The number of nitrogens with zero attached hydrogens (tertiary/aromatic N) is 1. The maximum atomic E-state index is 12.4. The zero-order chi connectivity index (χ0) is 17.7. The van der Waals surface area contributed by atoms with E-state index in [2.05, 4.69) is 0 Å². The Kier molecular flexibility index (Phi) is 5.98. The van der Waals surface area contributed by atoms with E-state index in [1.807, 2.05) is 32.0 Å². The fourth-order valence-electron chi connectivity index (χ4n) is 2.88. The van der Waals surface area contributed by atoms with Gasteiger partial charge in [-0.2, -0.15) is 0 Å². The van der Waals surface area contributed by atoms with Gasteiger partial charge in [-0.1, -0.05) is 32.0 Å². The van der Waals surface area contributed by atoms with Crippen LogP contribution < -0.4 is 4.90 Å². The van der Waals surface area contributed by atoms with Crippen LogP contribution in [0.25, 0.3) is 0 Å². The predicted octanol–water partition coefficient (Wildman–Crippen LogP) is 2.21. The lowest BCUT2D eigenvalue weighted by molar-refractivity contribution is -0.140. The van der Waals surface area contributed by atoms with Crippen LogP contribution in [-0.2, 0) is 36.6 Å². The molecule has 0 bridgehead atoms. The van der Waals surface area contributed by atoms with Crippen LogP contribution in [0.5, 0.6) is 0 Å². The molecule has 6 heteroatoms. The minimum absolute atomic E-state index is 0.0172. The second-order valence-electron chi connectivity index (χ2n) is 5.35. The zero-order valence-electron chi connectivity index (χ0n) is 14.5. The maximum Gasteiger partial charge on any atom is 0.355 e. The molecule has 0 amide bonds. The number of anilines is 1. The predicted molar refractivity (Wildman–Crippen MR) is 89.6 cm³/mol. The van der Waals surface area contributed by atoms with E-state index in [1.165, 1.54) is 14.2 Å². The van der Waals surface area contributed by atoms with Gasteiger partial charge in [0.1, 0.15) is 12.4 Å². The number of carbonyl (C=O) groups is 2. The third-order valence-electron chi connectivity index (χ3n) is 4.07. The maximum absolute atomic E-state index is 12.4. The van der Waals surface area contributed by atoms with Gasteiger partial charge in [-0.15, -0.1) is 0 Å². The van der Waals surface area contributed by atoms with E-state index in [0.29, 0.717) is 0 Å². The molecule has 0 unspecified atom stereocenters. The highest BCUT2D eigenvalue weighted by Gasteiger charge is 2.33. The minimum Gasteiger partial charge on any atom is -0.466 e. The molecule has 0 N–H and O–H groups in total. The van der Waals surface area contributed by atoms with Crippen molar-refractivity contribution < 1.29 is 23.8 Å². The monoisotopic (exact) mass is 333 g/mol. The summed E-state index contributed by atoms with van der Waals surface area (Å²) in [4.78, 5) is 26.2. The first-order chi connectivity index (χ1) is 11.6. The normalized spacial score (nSPS) is 14.6. The van der Waals surface area contributed by atoms with Crippen LogP contribution in [0.3, 0.4) is 0 Å². The van der Waals surface area contributed by atoms with Crippen molar-refractivity contribution in [2.45, 2.75) is 26.7 Å². The SMILES string of the molecule is CCc1cccc(CC)c1N1COCC(C(=O)OC)=C1C(=O)OC. The topological polar surface area (TPSA) is 65.1 Å². The Hall–Kier alpha value is -2.34. The average Bonchev–Trinajstić information content (AvgIpc) is 2.65. The van der Waals surface area contributed by atoms with Crippen LogP contribution in [-0.4, -0.2) is 39.5 Å². The van der Waals surface area contributed by atoms with Crippen molar-refractivity contribution in [1.82, 2.24) is 0 Å². The van der Waals surface area contributed by atoms with E-state index in [4.69, 9.17) is 14.2 Å². The summed E-state index contributed by atoms with van der Waals surface area (Å²) in [6.45, 7) is 4.29. The van der Waals surface area contributed by atoms with Crippen LogP contribution in [0, 0.1) is 0 Å². The molecular formula is C18H23NO5. The first kappa shape index (κ1) is 18.0. The molecule has 1 aliphatic rings. The molecule has 2 rings (SSSR count). The summed E-state index contributed by atoms with van der Waals surface area (Å²) in [5.74, 6) is -1.17. The van der Waals surface area contributed by atoms with Crippen LogP contribution in [0.15, 0.2) is 29.5 Å². The van der Waals surface area contributed by atoms with Crippen molar-refractivity contribution in [3.05, 3.63) is 40.6 Å². The fourth-order valence-corrected chi connectivity index (χ4v) is 2.88. The number of benzene rings is 1. The second kappa shape index (κ2) is 7.97. The first-order valence-corrected chi connectivity index (χ1v) is 7.94. The van der Waals surface area contributed by atoms with Crippen molar-refractivity contribution in [3.63, 3.8) is 0 Å². The molecule has 24 heavy (non-hydrogen) atoms. The van der Waals surface area contributed by atoms with E-state index in [1.54, 1.807) is 4.90 Å². The van der Waals surface area contributed by atoms with Crippen molar-refractivity contribution in [2.24, 2.45) is 0 Å². The first-order valence-electron chi connectivity index (χ1n) is 7.94.